The van der Waals surface area contributed by atoms with Crippen LogP contribution < -0.4 is 0 Å². The predicted molar refractivity (Wildman–Crippen MR) is 64.5 cm³/mol. The first kappa shape index (κ1) is 11.0. The lowest BCUT2D eigenvalue weighted by atomic mass is 10.2. The molecule has 2 nitrogen and oxygen atoms in total. The molecule has 0 spiro atoms. The zero-order valence-electron chi connectivity index (χ0n) is 8.22. The van der Waals surface area contributed by atoms with Crippen molar-refractivity contribution in [1.82, 2.24) is 4.98 Å². The number of pyridine rings is 1. The summed E-state index contributed by atoms with van der Waals surface area (Å²) in [6, 6.07) is 11.3. The molecule has 0 fully saturated rings. The lowest BCUT2D eigenvalue weighted by Gasteiger charge is -2.02. The van der Waals surface area contributed by atoms with E-state index in [1.165, 1.54) is 0 Å². The van der Waals surface area contributed by atoms with Gasteiger partial charge in [0.15, 0.2) is 0 Å². The van der Waals surface area contributed by atoms with Gasteiger partial charge in [0.25, 0.3) is 0 Å². The number of benzene rings is 1. The first-order valence-electron chi connectivity index (χ1n) is 4.57. The van der Waals surface area contributed by atoms with E-state index in [2.05, 4.69) is 4.98 Å². The van der Waals surface area contributed by atoms with Gasteiger partial charge in [-0.3, -0.25) is 4.98 Å². The van der Waals surface area contributed by atoms with Crippen molar-refractivity contribution in [2.45, 2.75) is 9.79 Å². The summed E-state index contributed by atoms with van der Waals surface area (Å²) in [5, 5.41) is 9.24. The Morgan fingerprint density at radius 2 is 1.88 bits per heavy atom. The molecule has 0 saturated heterocycles. The lowest BCUT2D eigenvalue weighted by molar-refractivity contribution is 1.26. The van der Waals surface area contributed by atoms with Crippen LogP contribution in [0.4, 0.5) is 0 Å². The van der Waals surface area contributed by atoms with E-state index in [1.54, 1.807) is 36.3 Å². The van der Waals surface area contributed by atoms with Crippen molar-refractivity contribution in [3.8, 4) is 6.07 Å². The van der Waals surface area contributed by atoms with Gasteiger partial charge in [0.2, 0.25) is 0 Å². The molecule has 0 aliphatic carbocycles. The molecule has 0 saturated carbocycles. The van der Waals surface area contributed by atoms with E-state index in [4.69, 9.17) is 16.9 Å². The van der Waals surface area contributed by atoms with Gasteiger partial charge in [0, 0.05) is 22.2 Å². The molecular formula is C12H7ClN2S. The third kappa shape index (κ3) is 2.54. The molecule has 0 aliphatic rings. The molecule has 0 unspecified atom stereocenters. The van der Waals surface area contributed by atoms with Crippen LogP contribution in [-0.4, -0.2) is 4.98 Å². The van der Waals surface area contributed by atoms with Gasteiger partial charge in [-0.05, 0) is 30.3 Å². The third-order valence-corrected chi connectivity index (χ3v) is 3.26. The fourth-order valence-corrected chi connectivity index (χ4v) is 2.32. The molecule has 2 rings (SSSR count). The van der Waals surface area contributed by atoms with Crippen LogP contribution in [0.1, 0.15) is 5.56 Å². The number of hydrogen-bond donors (Lipinski definition) is 0. The Balaban J connectivity index is 2.24. The number of nitrogens with zero attached hydrogens (tertiary/aromatic N) is 2. The summed E-state index contributed by atoms with van der Waals surface area (Å²) in [6.45, 7) is 0. The smallest absolute Gasteiger partial charge is 0.101 e. The zero-order chi connectivity index (χ0) is 11.4. The molecule has 1 aromatic carbocycles. The molecular weight excluding hydrogens is 240 g/mol. The van der Waals surface area contributed by atoms with E-state index in [9.17, 15) is 0 Å². The van der Waals surface area contributed by atoms with Crippen molar-refractivity contribution in [1.29, 1.82) is 5.26 Å². The molecule has 0 atom stereocenters. The van der Waals surface area contributed by atoms with Gasteiger partial charge < -0.3 is 0 Å². The van der Waals surface area contributed by atoms with Crippen molar-refractivity contribution < 1.29 is 0 Å². The Morgan fingerprint density at radius 1 is 1.12 bits per heavy atom. The van der Waals surface area contributed by atoms with Crippen LogP contribution in [0.25, 0.3) is 0 Å². The molecule has 1 aromatic heterocycles. The molecule has 0 N–H and O–H groups in total. The molecule has 16 heavy (non-hydrogen) atoms. The monoisotopic (exact) mass is 246 g/mol. The van der Waals surface area contributed by atoms with Gasteiger partial charge in [-0.15, -0.1) is 0 Å². The second kappa shape index (κ2) is 5.02. The minimum absolute atomic E-state index is 0.488. The SMILES string of the molecule is N#Cc1ccc(Sc2ccncc2)cc1Cl. The highest BCUT2D eigenvalue weighted by Crippen LogP contribution is 2.30. The number of nitriles is 1. The van der Waals surface area contributed by atoms with Gasteiger partial charge in [-0.1, -0.05) is 23.4 Å². The first-order chi connectivity index (χ1) is 7.79. The third-order valence-electron chi connectivity index (χ3n) is 1.95. The Kier molecular flexibility index (Phi) is 3.45. The number of aromatic nitrogens is 1. The fraction of sp³-hybridized carbons (Fsp3) is 0. The maximum atomic E-state index is 8.75. The van der Waals surface area contributed by atoms with Gasteiger partial charge in [-0.25, -0.2) is 0 Å². The largest absolute Gasteiger partial charge is 0.265 e. The van der Waals surface area contributed by atoms with E-state index in [1.807, 2.05) is 24.3 Å². The minimum atomic E-state index is 0.488. The summed E-state index contributed by atoms with van der Waals surface area (Å²) in [6.07, 6.45) is 3.49. The van der Waals surface area contributed by atoms with E-state index in [-0.39, 0.29) is 0 Å². The molecule has 0 bridgehead atoms. The van der Waals surface area contributed by atoms with E-state index in [0.717, 1.165) is 9.79 Å². The number of rotatable bonds is 2. The van der Waals surface area contributed by atoms with Crippen LogP contribution in [0.15, 0.2) is 52.5 Å². The molecule has 4 heteroatoms. The van der Waals surface area contributed by atoms with Gasteiger partial charge in [-0.2, -0.15) is 5.26 Å². The first-order valence-corrected chi connectivity index (χ1v) is 5.76. The molecule has 1 heterocycles. The average Bonchev–Trinajstić information content (AvgIpc) is 2.31. The quantitative estimate of drug-likeness (QED) is 0.810. The average molecular weight is 247 g/mol. The summed E-state index contributed by atoms with van der Waals surface area (Å²) in [4.78, 5) is 6.05. The Morgan fingerprint density at radius 3 is 2.50 bits per heavy atom. The van der Waals surface area contributed by atoms with E-state index >= 15 is 0 Å². The molecule has 0 radical (unpaired) electrons. The van der Waals surface area contributed by atoms with Crippen LogP contribution in [-0.2, 0) is 0 Å². The second-order valence-corrected chi connectivity index (χ2v) is 4.59. The minimum Gasteiger partial charge on any atom is -0.265 e. The topological polar surface area (TPSA) is 36.7 Å². The second-order valence-electron chi connectivity index (χ2n) is 3.04. The van der Waals surface area contributed by atoms with Crippen molar-refractivity contribution in [3.05, 3.63) is 53.3 Å². The standard InChI is InChI=1S/C12H7ClN2S/c13-12-7-11(2-1-9(12)8-14)16-10-3-5-15-6-4-10/h1-7H. The summed E-state index contributed by atoms with van der Waals surface area (Å²) in [5.74, 6) is 0. The Labute approximate surface area is 103 Å². The van der Waals surface area contributed by atoms with E-state index in [0.29, 0.717) is 10.6 Å². The number of hydrogen-bond acceptors (Lipinski definition) is 3. The predicted octanol–water partition coefficient (Wildman–Crippen LogP) is 3.76. The normalized spacial score (nSPS) is 9.75. The van der Waals surface area contributed by atoms with Crippen LogP contribution in [0.3, 0.4) is 0 Å². The maximum Gasteiger partial charge on any atom is 0.101 e. The van der Waals surface area contributed by atoms with Crippen molar-refractivity contribution in [2.75, 3.05) is 0 Å². The molecule has 0 aliphatic heterocycles. The van der Waals surface area contributed by atoms with Crippen molar-refractivity contribution in [3.63, 3.8) is 0 Å². The summed E-state index contributed by atoms with van der Waals surface area (Å²) < 4.78 is 0. The lowest BCUT2D eigenvalue weighted by Crippen LogP contribution is -1.79. The maximum absolute atomic E-state index is 8.75. The molecule has 2 aromatic rings. The molecule has 0 amide bonds. The van der Waals surface area contributed by atoms with E-state index < -0.39 is 0 Å². The molecule has 78 valence electrons. The highest BCUT2D eigenvalue weighted by atomic mass is 35.5. The Bertz CT molecular complexity index is 534. The van der Waals surface area contributed by atoms with Crippen molar-refractivity contribution >= 4 is 23.4 Å². The van der Waals surface area contributed by atoms with Crippen LogP contribution >= 0.6 is 23.4 Å². The summed E-state index contributed by atoms with van der Waals surface area (Å²) >= 11 is 7.53. The van der Waals surface area contributed by atoms with Crippen LogP contribution in [0.2, 0.25) is 5.02 Å². The highest BCUT2D eigenvalue weighted by molar-refractivity contribution is 7.99. The van der Waals surface area contributed by atoms with Crippen molar-refractivity contribution in [2.24, 2.45) is 0 Å². The summed E-state index contributed by atoms with van der Waals surface area (Å²) in [7, 11) is 0. The van der Waals surface area contributed by atoms with Crippen LogP contribution in [0.5, 0.6) is 0 Å². The van der Waals surface area contributed by atoms with Gasteiger partial charge >= 0.3 is 0 Å². The van der Waals surface area contributed by atoms with Gasteiger partial charge in [0.05, 0.1) is 10.6 Å². The van der Waals surface area contributed by atoms with Gasteiger partial charge in [0.1, 0.15) is 6.07 Å². The highest BCUT2D eigenvalue weighted by Gasteiger charge is 2.02. The van der Waals surface area contributed by atoms with Crippen LogP contribution in [0, 0.1) is 11.3 Å². The fourth-order valence-electron chi connectivity index (χ4n) is 1.19. The summed E-state index contributed by atoms with van der Waals surface area (Å²) in [5.41, 5.74) is 0.501. The zero-order valence-corrected chi connectivity index (χ0v) is 9.79. The number of halogens is 1. The Hall–Kier alpha value is -1.50.